The highest BCUT2D eigenvalue weighted by Crippen LogP contribution is 2.25. The molecule has 1 aromatic rings. The molecule has 1 aliphatic rings. The molecule has 11 nitrogen and oxygen atoms in total. The highest BCUT2D eigenvalue weighted by Gasteiger charge is 2.39. The van der Waals surface area contributed by atoms with Gasteiger partial charge in [0, 0.05) is 25.2 Å². The molecule has 2 rings (SSSR count). The second kappa shape index (κ2) is 11.0. The number of likely N-dealkylation sites (tertiary alicyclic amines) is 1. The number of piperidine rings is 1. The molecule has 2 heterocycles. The minimum atomic E-state index is -1.15. The number of alkyl carbamates (subject to hydrolysis) is 1. The summed E-state index contributed by atoms with van der Waals surface area (Å²) in [5, 5.41) is 12.5. The van der Waals surface area contributed by atoms with Gasteiger partial charge in [-0.25, -0.2) is 9.59 Å². The van der Waals surface area contributed by atoms with E-state index in [0.29, 0.717) is 25.9 Å². The van der Waals surface area contributed by atoms with E-state index in [-0.39, 0.29) is 30.0 Å². The molecule has 0 saturated carbocycles. The average Bonchev–Trinajstić information content (AvgIpc) is 2.73. The SMILES string of the molecule is COc1coc(CN(C(=O)O)C2CCN(C(=O)[C@@H](NC(=O)OC(C)(C)C)C(C)(C)C)CC2)cc1=O. The molecule has 11 heteroatoms. The number of nitrogens with zero attached hydrogens (tertiary/aromatic N) is 2. The summed E-state index contributed by atoms with van der Waals surface area (Å²) in [5.74, 6) is -0.00765. The smallest absolute Gasteiger partial charge is 0.408 e. The Morgan fingerprint density at radius 2 is 1.80 bits per heavy atom. The van der Waals surface area contributed by atoms with Crippen LogP contribution in [0.3, 0.4) is 0 Å². The van der Waals surface area contributed by atoms with E-state index in [9.17, 15) is 24.3 Å². The Morgan fingerprint density at radius 3 is 2.26 bits per heavy atom. The molecule has 0 aromatic carbocycles. The maximum absolute atomic E-state index is 13.3. The molecule has 1 aromatic heterocycles. The molecule has 2 N–H and O–H groups in total. The van der Waals surface area contributed by atoms with Crippen molar-refractivity contribution in [1.29, 1.82) is 0 Å². The van der Waals surface area contributed by atoms with Crippen LogP contribution in [0.15, 0.2) is 21.5 Å². The van der Waals surface area contributed by atoms with Gasteiger partial charge >= 0.3 is 12.2 Å². The Hall–Kier alpha value is -3.24. The monoisotopic (exact) mass is 495 g/mol. The number of hydrogen-bond donors (Lipinski definition) is 2. The summed E-state index contributed by atoms with van der Waals surface area (Å²) in [6.45, 7) is 11.4. The fourth-order valence-electron chi connectivity index (χ4n) is 3.85. The summed E-state index contributed by atoms with van der Waals surface area (Å²) < 4.78 is 15.6. The number of hydrogen-bond acceptors (Lipinski definition) is 7. The van der Waals surface area contributed by atoms with Gasteiger partial charge < -0.3 is 29.2 Å². The number of methoxy groups -OCH3 is 1. The van der Waals surface area contributed by atoms with Gasteiger partial charge in [0.1, 0.15) is 23.7 Å². The van der Waals surface area contributed by atoms with Crippen molar-refractivity contribution < 1.29 is 33.4 Å². The molecule has 196 valence electrons. The minimum absolute atomic E-state index is 0.0378. The predicted octanol–water partition coefficient (Wildman–Crippen LogP) is 3.06. The second-order valence-electron chi connectivity index (χ2n) is 10.7. The van der Waals surface area contributed by atoms with Crippen molar-refractivity contribution in [1.82, 2.24) is 15.1 Å². The van der Waals surface area contributed by atoms with Crippen LogP contribution in [-0.4, -0.2) is 70.9 Å². The number of amides is 3. The number of carbonyl (C=O) groups is 3. The van der Waals surface area contributed by atoms with Crippen LogP contribution in [0.2, 0.25) is 0 Å². The fraction of sp³-hybridized carbons (Fsp3) is 0.667. The number of ether oxygens (including phenoxy) is 2. The van der Waals surface area contributed by atoms with Crippen molar-refractivity contribution in [3.63, 3.8) is 0 Å². The molecule has 1 atom stereocenters. The first kappa shape index (κ1) is 28.0. The second-order valence-corrected chi connectivity index (χ2v) is 10.7. The van der Waals surface area contributed by atoms with Crippen molar-refractivity contribution in [2.24, 2.45) is 5.41 Å². The van der Waals surface area contributed by atoms with Gasteiger partial charge in [-0.15, -0.1) is 0 Å². The molecule has 35 heavy (non-hydrogen) atoms. The van der Waals surface area contributed by atoms with Crippen molar-refractivity contribution in [3.8, 4) is 5.75 Å². The fourth-order valence-corrected chi connectivity index (χ4v) is 3.85. The Kier molecular flexibility index (Phi) is 8.80. The molecule has 3 amide bonds. The third kappa shape index (κ3) is 7.90. The summed E-state index contributed by atoms with van der Waals surface area (Å²) in [6, 6.07) is 0.0397. The van der Waals surface area contributed by atoms with Crippen LogP contribution < -0.4 is 15.5 Å². The molecule has 1 fully saturated rings. The van der Waals surface area contributed by atoms with E-state index >= 15 is 0 Å². The molecule has 0 radical (unpaired) electrons. The molecule has 0 spiro atoms. The van der Waals surface area contributed by atoms with E-state index in [1.54, 1.807) is 25.7 Å². The van der Waals surface area contributed by atoms with Crippen molar-refractivity contribution in [3.05, 3.63) is 28.3 Å². The molecule has 0 unspecified atom stereocenters. The van der Waals surface area contributed by atoms with Crippen LogP contribution >= 0.6 is 0 Å². The Labute approximate surface area is 205 Å². The number of carboxylic acid groups (broad SMARTS) is 1. The van der Waals surface area contributed by atoms with E-state index in [4.69, 9.17) is 13.9 Å². The van der Waals surface area contributed by atoms with Gasteiger partial charge in [0.15, 0.2) is 0 Å². The quantitative estimate of drug-likeness (QED) is 0.614. The lowest BCUT2D eigenvalue weighted by Crippen LogP contribution is -2.57. The van der Waals surface area contributed by atoms with Gasteiger partial charge in [-0.05, 0) is 39.0 Å². The van der Waals surface area contributed by atoms with Crippen LogP contribution in [-0.2, 0) is 16.1 Å². The van der Waals surface area contributed by atoms with Gasteiger partial charge in [-0.2, -0.15) is 0 Å². The van der Waals surface area contributed by atoms with Gasteiger partial charge in [0.05, 0.1) is 13.7 Å². The summed E-state index contributed by atoms with van der Waals surface area (Å²) >= 11 is 0. The van der Waals surface area contributed by atoms with Crippen LogP contribution in [0.1, 0.15) is 60.1 Å². The number of nitrogens with one attached hydrogen (secondary N) is 1. The molecule has 0 bridgehead atoms. The van der Waals surface area contributed by atoms with E-state index in [2.05, 4.69) is 5.32 Å². The topological polar surface area (TPSA) is 139 Å². The average molecular weight is 496 g/mol. The predicted molar refractivity (Wildman–Crippen MR) is 127 cm³/mol. The normalized spacial score (nSPS) is 15.8. The molecule has 0 aliphatic carbocycles. The lowest BCUT2D eigenvalue weighted by Gasteiger charge is -2.40. The third-order valence-electron chi connectivity index (χ3n) is 5.64. The van der Waals surface area contributed by atoms with Crippen molar-refractivity contribution in [2.75, 3.05) is 20.2 Å². The summed E-state index contributed by atoms with van der Waals surface area (Å²) in [4.78, 5) is 52.4. The zero-order valence-corrected chi connectivity index (χ0v) is 21.5. The minimum Gasteiger partial charge on any atom is -0.490 e. The Bertz CT molecular complexity index is 968. The van der Waals surface area contributed by atoms with Crippen LogP contribution in [0.5, 0.6) is 5.75 Å². The van der Waals surface area contributed by atoms with Crippen molar-refractivity contribution >= 4 is 18.1 Å². The van der Waals surface area contributed by atoms with E-state index in [1.165, 1.54) is 18.1 Å². The summed E-state index contributed by atoms with van der Waals surface area (Å²) in [7, 11) is 1.35. The van der Waals surface area contributed by atoms with Gasteiger partial charge in [0.25, 0.3) is 0 Å². The van der Waals surface area contributed by atoms with E-state index in [0.717, 1.165) is 6.26 Å². The van der Waals surface area contributed by atoms with Crippen LogP contribution in [0.4, 0.5) is 9.59 Å². The molecule has 1 aliphatic heterocycles. The third-order valence-corrected chi connectivity index (χ3v) is 5.64. The van der Waals surface area contributed by atoms with E-state index < -0.39 is 34.7 Å². The van der Waals surface area contributed by atoms with Gasteiger partial charge in [-0.1, -0.05) is 20.8 Å². The lowest BCUT2D eigenvalue weighted by molar-refractivity contribution is -0.137. The highest BCUT2D eigenvalue weighted by molar-refractivity contribution is 5.86. The maximum atomic E-state index is 13.3. The Balaban J connectivity index is 2.07. The lowest BCUT2D eigenvalue weighted by atomic mass is 9.85. The van der Waals surface area contributed by atoms with Crippen molar-refractivity contribution in [2.45, 2.75) is 78.6 Å². The largest absolute Gasteiger partial charge is 0.490 e. The van der Waals surface area contributed by atoms with Gasteiger partial charge in [-0.3, -0.25) is 14.5 Å². The Morgan fingerprint density at radius 1 is 1.20 bits per heavy atom. The number of carbonyl (C=O) groups excluding carboxylic acids is 2. The molecular weight excluding hydrogens is 458 g/mol. The number of rotatable bonds is 6. The zero-order valence-electron chi connectivity index (χ0n) is 21.5. The summed E-state index contributed by atoms with van der Waals surface area (Å²) in [6.07, 6.45) is 0.151. The highest BCUT2D eigenvalue weighted by atomic mass is 16.6. The van der Waals surface area contributed by atoms with Crippen LogP contribution in [0, 0.1) is 5.41 Å². The van der Waals surface area contributed by atoms with E-state index in [1.807, 2.05) is 20.8 Å². The van der Waals surface area contributed by atoms with Crippen LogP contribution in [0.25, 0.3) is 0 Å². The first-order valence-electron chi connectivity index (χ1n) is 11.6. The standard InChI is InChI=1S/C24H37N3O8/c1-23(2,3)19(25-21(30)35-24(4,5)6)20(29)26-10-8-15(9-11-26)27(22(31)32)13-16-12-17(28)18(33-7)14-34-16/h12,14-15,19H,8-11,13H2,1-7H3,(H,25,30)(H,31,32)/t19-/m1/s1. The zero-order chi connectivity index (χ0) is 26.6. The molecule has 1 saturated heterocycles. The van der Waals surface area contributed by atoms with Gasteiger partial charge in [0.2, 0.25) is 17.1 Å². The first-order chi connectivity index (χ1) is 16.1. The summed E-state index contributed by atoms with van der Waals surface area (Å²) in [5.41, 5.74) is -1.66. The maximum Gasteiger partial charge on any atom is 0.408 e. The molecular formula is C24H37N3O8. The first-order valence-corrected chi connectivity index (χ1v) is 11.6.